The Bertz CT molecular complexity index is 1540. The van der Waals surface area contributed by atoms with Gasteiger partial charge in [-0.3, -0.25) is 19.4 Å². The summed E-state index contributed by atoms with van der Waals surface area (Å²) in [5.74, 6) is 0.165. The first-order chi connectivity index (χ1) is 20.4. The summed E-state index contributed by atoms with van der Waals surface area (Å²) in [5, 5.41) is 24.8. The van der Waals surface area contributed by atoms with Crippen molar-refractivity contribution in [3.63, 3.8) is 0 Å². The second kappa shape index (κ2) is 8.80. The van der Waals surface area contributed by atoms with E-state index in [2.05, 4.69) is 4.90 Å². The van der Waals surface area contributed by atoms with Gasteiger partial charge in [-0.25, -0.2) is 4.79 Å². The van der Waals surface area contributed by atoms with Crippen LogP contribution >= 0.6 is 0 Å². The normalized spacial score (nSPS) is 34.0. The second-order valence-corrected chi connectivity index (χ2v) is 14.1. The van der Waals surface area contributed by atoms with E-state index in [-0.39, 0.29) is 29.7 Å². The van der Waals surface area contributed by atoms with Gasteiger partial charge in [0.15, 0.2) is 11.5 Å². The van der Waals surface area contributed by atoms with Gasteiger partial charge in [0, 0.05) is 12.1 Å². The fraction of sp³-hybridized carbons (Fsp3) is 0.545. The van der Waals surface area contributed by atoms with Gasteiger partial charge in [0.25, 0.3) is 11.8 Å². The summed E-state index contributed by atoms with van der Waals surface area (Å²) >= 11 is 0. The third-order valence-corrected chi connectivity index (χ3v) is 10.5. The lowest BCUT2D eigenvalue weighted by Crippen LogP contribution is -2.79. The van der Waals surface area contributed by atoms with Crippen molar-refractivity contribution in [3.8, 4) is 11.5 Å². The number of rotatable bonds is 4. The lowest BCUT2D eigenvalue weighted by molar-refractivity contribution is -0.220. The van der Waals surface area contributed by atoms with Crippen LogP contribution in [0.4, 0.5) is 4.79 Å². The molecule has 3 fully saturated rings. The molecule has 3 heterocycles. The van der Waals surface area contributed by atoms with Gasteiger partial charge < -0.3 is 24.4 Å². The van der Waals surface area contributed by atoms with Crippen LogP contribution in [0.1, 0.15) is 90.8 Å². The molecule has 2 N–H and O–H groups in total. The van der Waals surface area contributed by atoms with E-state index in [1.54, 1.807) is 57.2 Å². The third kappa shape index (κ3) is 3.60. The molecule has 10 nitrogen and oxygen atoms in total. The molecule has 2 aromatic rings. The Kier molecular flexibility index (Phi) is 5.55. The first kappa shape index (κ1) is 27.1. The molecule has 0 unspecified atom stereocenters. The lowest BCUT2D eigenvalue weighted by Gasteiger charge is -2.65. The number of hydrogen-bond acceptors (Lipinski definition) is 9. The molecule has 2 saturated carbocycles. The van der Waals surface area contributed by atoms with Gasteiger partial charge in [0.1, 0.15) is 11.7 Å². The smallest absolute Gasteiger partial charge is 0.483 e. The van der Waals surface area contributed by atoms with E-state index < -0.39 is 47.1 Å². The number of nitrogens with zero attached hydrogens (tertiary/aromatic N) is 2. The molecule has 6 atom stereocenters. The topological polar surface area (TPSA) is 126 Å². The van der Waals surface area contributed by atoms with Gasteiger partial charge in [0.05, 0.1) is 40.3 Å². The molecule has 2 amide bonds. The SMILES string of the molecule is CC(C)(C)OC(=O)Oc1ccc2c3c1O[C@H]1[C@H](N4C(=O)c5ccccc5C4=O)CC[C@@]4(O)[C@H]([C@@H]2O)N(CC2CC2)CC[C@]314. The van der Waals surface area contributed by atoms with Crippen LogP contribution < -0.4 is 9.47 Å². The van der Waals surface area contributed by atoms with Crippen LogP contribution in [0.3, 0.4) is 0 Å². The molecular formula is C33H36N2O8. The fourth-order valence-electron chi connectivity index (χ4n) is 8.72. The highest BCUT2D eigenvalue weighted by molar-refractivity contribution is 6.21. The van der Waals surface area contributed by atoms with Crippen molar-refractivity contribution in [2.75, 3.05) is 13.1 Å². The molecule has 3 aliphatic carbocycles. The standard InChI is InChI=1S/C33H36N2O8/c1-31(2,3)43-30(39)41-22-11-10-20-23-25(22)42-27-21(35-28(37)18-6-4-5-7-19(18)29(35)38)12-13-33(40)26(24(20)36)34(16-17-8-9-17)15-14-32(23,27)33/h4-7,10-11,17,21,24,26-27,36,40H,8-9,12-16H2,1-3H3/t21-,24-,26+,27+,32+,33-/m1/s1. The van der Waals surface area contributed by atoms with Crippen molar-refractivity contribution in [1.82, 2.24) is 9.80 Å². The number of piperidine rings is 1. The molecule has 0 radical (unpaired) electrons. The van der Waals surface area contributed by atoms with Crippen molar-refractivity contribution in [2.24, 2.45) is 5.92 Å². The van der Waals surface area contributed by atoms with E-state index in [4.69, 9.17) is 14.2 Å². The number of fused-ring (bicyclic) bond motifs is 1. The van der Waals surface area contributed by atoms with Crippen LogP contribution in [0.2, 0.25) is 0 Å². The van der Waals surface area contributed by atoms with Crippen molar-refractivity contribution in [1.29, 1.82) is 0 Å². The van der Waals surface area contributed by atoms with Crippen LogP contribution in [-0.2, 0) is 10.2 Å². The Morgan fingerprint density at radius 1 is 1.05 bits per heavy atom. The van der Waals surface area contributed by atoms with E-state index in [9.17, 15) is 24.6 Å². The van der Waals surface area contributed by atoms with Crippen LogP contribution in [0.15, 0.2) is 36.4 Å². The van der Waals surface area contributed by atoms with E-state index in [0.29, 0.717) is 47.6 Å². The quantitative estimate of drug-likeness (QED) is 0.312. The molecule has 3 aliphatic heterocycles. The Hall–Kier alpha value is -3.47. The van der Waals surface area contributed by atoms with Crippen molar-refractivity contribution >= 4 is 18.0 Å². The molecule has 2 bridgehead atoms. The van der Waals surface area contributed by atoms with Crippen LogP contribution in [0, 0.1) is 5.92 Å². The summed E-state index contributed by atoms with van der Waals surface area (Å²) in [6.45, 7) is 6.63. The molecule has 2 aromatic carbocycles. The predicted molar refractivity (Wildman–Crippen MR) is 152 cm³/mol. The highest BCUT2D eigenvalue weighted by Gasteiger charge is 2.76. The second-order valence-electron chi connectivity index (χ2n) is 14.1. The average Bonchev–Trinajstić information content (AvgIpc) is 3.64. The Morgan fingerprint density at radius 3 is 2.40 bits per heavy atom. The molecule has 43 heavy (non-hydrogen) atoms. The zero-order valence-corrected chi connectivity index (χ0v) is 24.5. The fourth-order valence-corrected chi connectivity index (χ4v) is 8.72. The van der Waals surface area contributed by atoms with Crippen LogP contribution in [-0.4, -0.2) is 80.5 Å². The molecule has 1 spiro atoms. The molecule has 0 aromatic heterocycles. The average molecular weight is 589 g/mol. The maximum absolute atomic E-state index is 13.7. The van der Waals surface area contributed by atoms with Gasteiger partial charge in [-0.15, -0.1) is 0 Å². The summed E-state index contributed by atoms with van der Waals surface area (Å²) in [7, 11) is 0. The summed E-state index contributed by atoms with van der Waals surface area (Å²) in [6, 6.07) is 8.89. The van der Waals surface area contributed by atoms with Crippen LogP contribution in [0.25, 0.3) is 0 Å². The van der Waals surface area contributed by atoms with Gasteiger partial charge in [-0.05, 0) is 89.1 Å². The Labute approximate surface area is 249 Å². The predicted octanol–water partition coefficient (Wildman–Crippen LogP) is 3.72. The maximum atomic E-state index is 13.7. The van der Waals surface area contributed by atoms with E-state index in [1.807, 2.05) is 0 Å². The van der Waals surface area contributed by atoms with E-state index in [1.165, 1.54) is 4.90 Å². The van der Waals surface area contributed by atoms with Crippen LogP contribution in [0.5, 0.6) is 11.5 Å². The molecule has 1 saturated heterocycles. The van der Waals surface area contributed by atoms with Crippen molar-refractivity contribution in [3.05, 3.63) is 58.7 Å². The van der Waals surface area contributed by atoms with Gasteiger partial charge in [-0.2, -0.15) is 0 Å². The number of imide groups is 1. The Morgan fingerprint density at radius 2 is 1.74 bits per heavy atom. The minimum absolute atomic E-state index is 0.117. The highest BCUT2D eigenvalue weighted by Crippen LogP contribution is 2.68. The summed E-state index contributed by atoms with van der Waals surface area (Å²) in [6.07, 6.45) is 0.651. The maximum Gasteiger partial charge on any atom is 0.514 e. The van der Waals surface area contributed by atoms with Gasteiger partial charge in [-0.1, -0.05) is 18.2 Å². The number of likely N-dealkylation sites (tertiary alicyclic amines) is 1. The molecule has 6 aliphatic rings. The zero-order chi connectivity index (χ0) is 30.1. The van der Waals surface area contributed by atoms with Gasteiger partial charge in [0.2, 0.25) is 0 Å². The van der Waals surface area contributed by atoms with E-state index in [0.717, 1.165) is 19.4 Å². The first-order valence-electron chi connectivity index (χ1n) is 15.3. The number of ether oxygens (including phenoxy) is 3. The zero-order valence-electron chi connectivity index (χ0n) is 24.5. The number of benzene rings is 2. The molecule has 10 heteroatoms. The summed E-state index contributed by atoms with van der Waals surface area (Å²) in [5.41, 5.74) is -1.29. The minimum Gasteiger partial charge on any atom is -0.483 e. The van der Waals surface area contributed by atoms with Gasteiger partial charge >= 0.3 is 6.16 Å². The summed E-state index contributed by atoms with van der Waals surface area (Å²) in [4.78, 5) is 43.7. The summed E-state index contributed by atoms with van der Waals surface area (Å²) < 4.78 is 17.8. The monoisotopic (exact) mass is 588 g/mol. The molecule has 8 rings (SSSR count). The van der Waals surface area contributed by atoms with Crippen molar-refractivity contribution in [2.45, 2.75) is 93.8 Å². The number of aliphatic hydroxyl groups is 2. The first-order valence-corrected chi connectivity index (χ1v) is 15.3. The number of amides is 2. The number of carbonyl (C=O) groups excluding carboxylic acids is 3. The largest absolute Gasteiger partial charge is 0.514 e. The number of carbonyl (C=O) groups is 3. The molecule has 226 valence electrons. The minimum atomic E-state index is -1.40. The van der Waals surface area contributed by atoms with E-state index >= 15 is 0 Å². The molecular weight excluding hydrogens is 552 g/mol. The Balaban J connectivity index is 1.27. The number of aliphatic hydroxyl groups excluding tert-OH is 1. The lowest BCUT2D eigenvalue weighted by atomic mass is 9.47. The third-order valence-electron chi connectivity index (χ3n) is 10.5. The highest BCUT2D eigenvalue weighted by atomic mass is 16.7. The van der Waals surface area contributed by atoms with Crippen molar-refractivity contribution < 1.29 is 38.8 Å². The number of hydrogen-bond donors (Lipinski definition) is 2.